The van der Waals surface area contributed by atoms with Crippen LogP contribution in [0.15, 0.2) is 48.5 Å². The number of nitrogens with two attached hydrogens (primary N) is 1. The summed E-state index contributed by atoms with van der Waals surface area (Å²) in [6, 6.07) is 14.5. The fourth-order valence-electron chi connectivity index (χ4n) is 3.50. The molecule has 1 aliphatic rings. The molecule has 0 radical (unpaired) electrons. The van der Waals surface area contributed by atoms with Gasteiger partial charge in [0, 0.05) is 19.0 Å². The van der Waals surface area contributed by atoms with Crippen molar-refractivity contribution in [2.45, 2.75) is 12.0 Å². The first-order chi connectivity index (χ1) is 13.1. The lowest BCUT2D eigenvalue weighted by Gasteiger charge is -2.27. The third-order valence-corrected chi connectivity index (χ3v) is 4.77. The van der Waals surface area contributed by atoms with E-state index in [1.807, 2.05) is 48.5 Å². The van der Waals surface area contributed by atoms with Crippen molar-refractivity contribution in [3.63, 3.8) is 0 Å². The number of aliphatic hydroxyl groups excluding tert-OH is 1. The van der Waals surface area contributed by atoms with Crippen molar-refractivity contribution < 1.29 is 24.5 Å². The third kappa shape index (κ3) is 3.65. The van der Waals surface area contributed by atoms with Crippen molar-refractivity contribution in [3.05, 3.63) is 59.7 Å². The largest absolute Gasteiger partial charge is 0.480 e. The zero-order valence-corrected chi connectivity index (χ0v) is 14.7. The van der Waals surface area contributed by atoms with Crippen LogP contribution in [0, 0.1) is 0 Å². The molecule has 0 unspecified atom stereocenters. The lowest BCUT2D eigenvalue weighted by molar-refractivity contribution is -0.144. The molecule has 7 heteroatoms. The van der Waals surface area contributed by atoms with E-state index in [9.17, 15) is 19.8 Å². The highest BCUT2D eigenvalue weighted by molar-refractivity contribution is 5.81. The predicted molar refractivity (Wildman–Crippen MR) is 99.3 cm³/mol. The summed E-state index contributed by atoms with van der Waals surface area (Å²) in [4.78, 5) is 24.7. The smallest absolute Gasteiger partial charge is 0.410 e. The van der Waals surface area contributed by atoms with E-state index in [0.717, 1.165) is 27.2 Å². The van der Waals surface area contributed by atoms with Crippen molar-refractivity contribution in [1.29, 1.82) is 0 Å². The van der Waals surface area contributed by atoms with Gasteiger partial charge in [-0.05, 0) is 22.3 Å². The monoisotopic (exact) mass is 370 g/mol. The van der Waals surface area contributed by atoms with Crippen LogP contribution >= 0.6 is 0 Å². The average Bonchev–Trinajstić information content (AvgIpc) is 3.00. The summed E-state index contributed by atoms with van der Waals surface area (Å²) < 4.78 is 5.44. The fourth-order valence-corrected chi connectivity index (χ4v) is 3.50. The molecule has 2 aromatic carbocycles. The second-order valence-corrected chi connectivity index (χ2v) is 6.32. The molecule has 1 amide bonds. The topological polar surface area (TPSA) is 113 Å². The number of benzene rings is 2. The van der Waals surface area contributed by atoms with E-state index in [1.165, 1.54) is 0 Å². The van der Waals surface area contributed by atoms with Crippen LogP contribution < -0.4 is 5.73 Å². The number of aliphatic carboxylic acids is 1. The number of hydrogen-bond donors (Lipinski definition) is 3. The van der Waals surface area contributed by atoms with Gasteiger partial charge in [-0.1, -0.05) is 48.5 Å². The minimum atomic E-state index is -1.38. The summed E-state index contributed by atoms with van der Waals surface area (Å²) in [6.07, 6.45) is -0.802. The highest BCUT2D eigenvalue weighted by atomic mass is 16.6. The van der Waals surface area contributed by atoms with Gasteiger partial charge in [-0.25, -0.2) is 9.59 Å². The average molecular weight is 370 g/mol. The van der Waals surface area contributed by atoms with Crippen molar-refractivity contribution in [2.75, 3.05) is 26.3 Å². The normalized spacial score (nSPS) is 13.6. The van der Waals surface area contributed by atoms with Crippen LogP contribution in [0.5, 0.6) is 0 Å². The van der Waals surface area contributed by atoms with Gasteiger partial charge in [0.1, 0.15) is 6.61 Å². The zero-order valence-electron chi connectivity index (χ0n) is 14.7. The van der Waals surface area contributed by atoms with Gasteiger partial charge in [0.2, 0.25) is 0 Å². The number of nitrogens with zero attached hydrogens (tertiary/aromatic N) is 1. The third-order valence-electron chi connectivity index (χ3n) is 4.77. The zero-order chi connectivity index (χ0) is 19.4. The Morgan fingerprint density at radius 2 is 1.63 bits per heavy atom. The number of carbonyl (C=O) groups excluding carboxylic acids is 1. The van der Waals surface area contributed by atoms with Gasteiger partial charge in [0.25, 0.3) is 0 Å². The first-order valence-corrected chi connectivity index (χ1v) is 8.73. The molecule has 2 aromatic rings. The van der Waals surface area contributed by atoms with Crippen LogP contribution in [0.25, 0.3) is 11.1 Å². The molecule has 0 bridgehead atoms. The van der Waals surface area contributed by atoms with Crippen LogP contribution in [0.1, 0.15) is 17.0 Å². The molecule has 0 saturated carbocycles. The van der Waals surface area contributed by atoms with Crippen molar-refractivity contribution >= 4 is 12.1 Å². The van der Waals surface area contributed by atoms with E-state index < -0.39 is 24.7 Å². The fraction of sp³-hybridized carbons (Fsp3) is 0.300. The quantitative estimate of drug-likeness (QED) is 0.683. The summed E-state index contributed by atoms with van der Waals surface area (Å²) in [5, 5.41) is 18.5. The maximum Gasteiger partial charge on any atom is 0.410 e. The summed E-state index contributed by atoms with van der Waals surface area (Å²) in [5.74, 6) is -1.43. The number of ether oxygens (including phenoxy) is 1. The molecule has 0 fully saturated rings. The molecule has 0 heterocycles. The van der Waals surface area contributed by atoms with E-state index in [4.69, 9.17) is 10.5 Å². The highest BCUT2D eigenvalue weighted by Gasteiger charge is 2.32. The van der Waals surface area contributed by atoms with Crippen molar-refractivity contribution in [3.8, 4) is 11.1 Å². The summed E-state index contributed by atoms with van der Waals surface area (Å²) in [6.45, 7) is -0.590. The van der Waals surface area contributed by atoms with Crippen LogP contribution in [0.2, 0.25) is 0 Å². The van der Waals surface area contributed by atoms with Crippen LogP contribution in [-0.2, 0) is 9.53 Å². The van der Waals surface area contributed by atoms with Gasteiger partial charge in [-0.15, -0.1) is 0 Å². The molecule has 3 rings (SSSR count). The van der Waals surface area contributed by atoms with Crippen molar-refractivity contribution in [1.82, 2.24) is 4.90 Å². The molecule has 27 heavy (non-hydrogen) atoms. The first kappa shape index (κ1) is 18.9. The van der Waals surface area contributed by atoms with E-state index >= 15 is 0 Å². The van der Waals surface area contributed by atoms with Crippen LogP contribution in [-0.4, -0.2) is 59.5 Å². The second kappa shape index (κ2) is 8.20. The van der Waals surface area contributed by atoms with Gasteiger partial charge in [0.15, 0.2) is 6.04 Å². The molecule has 1 aliphatic carbocycles. The number of rotatable bonds is 7. The van der Waals surface area contributed by atoms with Crippen LogP contribution in [0.3, 0.4) is 0 Å². The lowest BCUT2D eigenvalue weighted by Crippen LogP contribution is -2.49. The maximum absolute atomic E-state index is 12.5. The van der Waals surface area contributed by atoms with E-state index in [2.05, 4.69) is 0 Å². The van der Waals surface area contributed by atoms with Gasteiger partial charge in [-0.3, -0.25) is 4.90 Å². The molecule has 142 valence electrons. The second-order valence-electron chi connectivity index (χ2n) is 6.32. The Morgan fingerprint density at radius 3 is 2.11 bits per heavy atom. The Morgan fingerprint density at radius 1 is 1.07 bits per heavy atom. The van der Waals surface area contributed by atoms with E-state index in [-0.39, 0.29) is 25.6 Å². The Bertz CT molecular complexity index is 793. The highest BCUT2D eigenvalue weighted by Crippen LogP contribution is 2.44. The standard InChI is InChI=1S/C20H22N2O5/c21-9-10-22(18(11-23)19(24)25)20(26)27-12-17-15-7-3-1-5-13(15)14-6-2-4-8-16(14)17/h1-8,17-18,23H,9-12,21H2,(H,24,25)/t18-/m0/s1. The molecule has 0 spiro atoms. The molecule has 0 aliphatic heterocycles. The molecule has 4 N–H and O–H groups in total. The molecular formula is C20H22N2O5. The molecule has 1 atom stereocenters. The SMILES string of the molecule is NCCN(C(=O)OCC1c2ccccc2-c2ccccc21)[C@@H](CO)C(=O)O. The Labute approximate surface area is 157 Å². The predicted octanol–water partition coefficient (Wildman–Crippen LogP) is 1.64. The number of carbonyl (C=O) groups is 2. The number of aliphatic hydroxyl groups is 1. The van der Waals surface area contributed by atoms with Gasteiger partial charge in [0.05, 0.1) is 6.61 Å². The number of fused-ring (bicyclic) bond motifs is 3. The number of amides is 1. The Hall–Kier alpha value is -2.90. The molecule has 0 saturated heterocycles. The summed E-state index contributed by atoms with van der Waals surface area (Å²) in [7, 11) is 0. The number of carboxylic acids is 1. The summed E-state index contributed by atoms with van der Waals surface area (Å²) in [5.41, 5.74) is 9.81. The number of carboxylic acid groups (broad SMARTS) is 1. The Balaban J connectivity index is 1.79. The minimum Gasteiger partial charge on any atom is -0.480 e. The number of hydrogen-bond acceptors (Lipinski definition) is 5. The van der Waals surface area contributed by atoms with Crippen LogP contribution in [0.4, 0.5) is 4.79 Å². The van der Waals surface area contributed by atoms with Crippen molar-refractivity contribution in [2.24, 2.45) is 5.73 Å². The molecule has 7 nitrogen and oxygen atoms in total. The van der Waals surface area contributed by atoms with Gasteiger partial charge >= 0.3 is 12.1 Å². The first-order valence-electron chi connectivity index (χ1n) is 8.73. The van der Waals surface area contributed by atoms with E-state index in [0.29, 0.717) is 0 Å². The molecule has 0 aromatic heterocycles. The van der Waals surface area contributed by atoms with Gasteiger partial charge < -0.3 is 20.7 Å². The Kier molecular flexibility index (Phi) is 5.73. The van der Waals surface area contributed by atoms with E-state index in [1.54, 1.807) is 0 Å². The lowest BCUT2D eigenvalue weighted by atomic mass is 9.98. The maximum atomic E-state index is 12.5. The summed E-state index contributed by atoms with van der Waals surface area (Å²) >= 11 is 0. The molecular weight excluding hydrogens is 348 g/mol. The van der Waals surface area contributed by atoms with Gasteiger partial charge in [-0.2, -0.15) is 0 Å². The minimum absolute atomic E-state index is 0.0196.